The van der Waals surface area contributed by atoms with Gasteiger partial charge in [-0.3, -0.25) is 9.59 Å². The minimum absolute atomic E-state index is 0.391. The Hall–Kier alpha value is -1.64. The Bertz CT molecular complexity index is 565. The third kappa shape index (κ3) is 5.25. The lowest BCUT2D eigenvalue weighted by molar-refractivity contribution is 0.107. The summed E-state index contributed by atoms with van der Waals surface area (Å²) in [6, 6.07) is 16.0. The second-order valence-corrected chi connectivity index (χ2v) is 4.41. The van der Waals surface area contributed by atoms with Crippen LogP contribution in [0.3, 0.4) is 0 Å². The van der Waals surface area contributed by atoms with Crippen molar-refractivity contribution < 1.29 is 9.59 Å². The number of halogens is 2. The van der Waals surface area contributed by atoms with Crippen molar-refractivity contribution in [2.75, 3.05) is 0 Å². The van der Waals surface area contributed by atoms with E-state index in [4.69, 9.17) is 23.2 Å². The molecule has 0 aliphatic heterocycles. The quantitative estimate of drug-likeness (QED) is 0.767. The maximum Gasteiger partial charge on any atom is 0.252 e. The van der Waals surface area contributed by atoms with Crippen molar-refractivity contribution in [1.29, 1.82) is 0 Å². The zero-order valence-corrected chi connectivity index (χ0v) is 11.8. The first kappa shape index (κ1) is 15.4. The Labute approximate surface area is 122 Å². The molecule has 0 spiro atoms. The number of hydrogen-bond donors (Lipinski definition) is 0. The van der Waals surface area contributed by atoms with E-state index in [-0.39, 0.29) is 0 Å². The van der Waals surface area contributed by atoms with Crippen molar-refractivity contribution >= 4 is 33.7 Å². The molecule has 0 radical (unpaired) electrons. The van der Waals surface area contributed by atoms with Crippen LogP contribution in [0.4, 0.5) is 0 Å². The first-order valence-electron chi connectivity index (χ1n) is 5.52. The van der Waals surface area contributed by atoms with Crippen molar-refractivity contribution in [3.8, 4) is 0 Å². The van der Waals surface area contributed by atoms with Crippen molar-refractivity contribution in [3.63, 3.8) is 0 Å². The fourth-order valence-electron chi connectivity index (χ4n) is 1.36. The van der Waals surface area contributed by atoms with Crippen molar-refractivity contribution in [2.24, 2.45) is 0 Å². The summed E-state index contributed by atoms with van der Waals surface area (Å²) >= 11 is 10.4. The maximum absolute atomic E-state index is 10.6. The molecule has 2 aromatic carbocycles. The van der Waals surface area contributed by atoms with Crippen LogP contribution in [0.5, 0.6) is 0 Å². The van der Waals surface area contributed by atoms with Gasteiger partial charge in [0.25, 0.3) is 10.5 Å². The molecule has 0 aliphatic carbocycles. The molecule has 98 valence electrons. The standard InChI is InChI=1S/C8H7ClO.C7H5ClO/c1-6-4-2-3-5-7(6)8(9)10;8-7(9)6-4-2-1-3-5-6/h2-5H,1H3;1-5H. The largest absolute Gasteiger partial charge is 0.276 e. The van der Waals surface area contributed by atoms with Gasteiger partial charge in [0.15, 0.2) is 0 Å². The molecule has 0 aromatic heterocycles. The van der Waals surface area contributed by atoms with Crippen LogP contribution in [0.1, 0.15) is 26.3 Å². The van der Waals surface area contributed by atoms with Gasteiger partial charge in [-0.2, -0.15) is 0 Å². The van der Waals surface area contributed by atoms with E-state index in [9.17, 15) is 9.59 Å². The number of aryl methyl sites for hydroxylation is 1. The number of benzene rings is 2. The number of carbonyl (C=O) groups is 2. The van der Waals surface area contributed by atoms with Crippen LogP contribution < -0.4 is 0 Å². The van der Waals surface area contributed by atoms with E-state index < -0.39 is 10.5 Å². The van der Waals surface area contributed by atoms with Gasteiger partial charge >= 0.3 is 0 Å². The first-order valence-corrected chi connectivity index (χ1v) is 6.28. The first-order chi connectivity index (χ1) is 9.02. The van der Waals surface area contributed by atoms with E-state index in [0.717, 1.165) is 5.56 Å². The normalized spacial score (nSPS) is 9.21. The van der Waals surface area contributed by atoms with Crippen molar-refractivity contribution in [1.82, 2.24) is 0 Å². The number of rotatable bonds is 2. The summed E-state index contributed by atoms with van der Waals surface area (Å²) in [5, 5.41) is -0.797. The monoisotopic (exact) mass is 294 g/mol. The zero-order chi connectivity index (χ0) is 14.3. The van der Waals surface area contributed by atoms with E-state index >= 15 is 0 Å². The van der Waals surface area contributed by atoms with Crippen molar-refractivity contribution in [2.45, 2.75) is 6.92 Å². The SMILES string of the molecule is Cc1ccccc1C(=O)Cl.O=C(Cl)c1ccccc1. The molecule has 0 saturated heterocycles. The minimum atomic E-state index is -0.407. The Morgan fingerprint density at radius 3 is 1.68 bits per heavy atom. The summed E-state index contributed by atoms with van der Waals surface area (Å²) in [6.07, 6.45) is 0. The third-order valence-electron chi connectivity index (χ3n) is 2.36. The highest BCUT2D eigenvalue weighted by Gasteiger charge is 2.02. The van der Waals surface area contributed by atoms with Gasteiger partial charge in [0.05, 0.1) is 0 Å². The smallest absolute Gasteiger partial charge is 0.252 e. The van der Waals surface area contributed by atoms with Gasteiger partial charge < -0.3 is 0 Å². The average Bonchev–Trinajstić information content (AvgIpc) is 2.40. The van der Waals surface area contributed by atoms with Crippen LogP contribution in [0.2, 0.25) is 0 Å². The topological polar surface area (TPSA) is 34.1 Å². The van der Waals surface area contributed by atoms with Gasteiger partial charge in [-0.1, -0.05) is 48.5 Å². The fourth-order valence-corrected chi connectivity index (χ4v) is 1.70. The van der Waals surface area contributed by atoms with Crippen LogP contribution in [0.15, 0.2) is 54.6 Å². The zero-order valence-electron chi connectivity index (χ0n) is 10.3. The molecule has 4 heteroatoms. The molecule has 2 aromatic rings. The van der Waals surface area contributed by atoms with Gasteiger partial charge in [-0.05, 0) is 41.8 Å². The predicted molar refractivity (Wildman–Crippen MR) is 78.0 cm³/mol. The van der Waals surface area contributed by atoms with Crippen LogP contribution in [-0.2, 0) is 0 Å². The van der Waals surface area contributed by atoms with E-state index in [1.54, 1.807) is 36.4 Å². The Kier molecular flexibility index (Phi) is 6.26. The molecular formula is C15H12Cl2O2. The highest BCUT2D eigenvalue weighted by Crippen LogP contribution is 2.08. The molecular weight excluding hydrogens is 283 g/mol. The minimum Gasteiger partial charge on any atom is -0.276 e. The lowest BCUT2D eigenvalue weighted by Gasteiger charge is -1.96. The van der Waals surface area contributed by atoms with E-state index in [0.29, 0.717) is 11.1 Å². The van der Waals surface area contributed by atoms with Crippen molar-refractivity contribution in [3.05, 3.63) is 71.3 Å². The van der Waals surface area contributed by atoms with E-state index in [1.807, 2.05) is 25.1 Å². The molecule has 0 N–H and O–H groups in total. The predicted octanol–water partition coefficient (Wildman–Crippen LogP) is 4.44. The summed E-state index contributed by atoms with van der Waals surface area (Å²) in [4.78, 5) is 21.0. The van der Waals surface area contributed by atoms with Crippen LogP contribution in [-0.4, -0.2) is 10.5 Å². The van der Waals surface area contributed by atoms with Gasteiger partial charge in [-0.15, -0.1) is 0 Å². The number of carbonyl (C=O) groups excluding carboxylic acids is 2. The summed E-state index contributed by atoms with van der Waals surface area (Å²) in [5.41, 5.74) is 2.05. The Morgan fingerprint density at radius 1 is 0.789 bits per heavy atom. The van der Waals surface area contributed by atoms with E-state index in [1.165, 1.54) is 0 Å². The molecule has 2 rings (SSSR count). The maximum atomic E-state index is 10.6. The lowest BCUT2D eigenvalue weighted by Crippen LogP contribution is -1.90. The third-order valence-corrected chi connectivity index (χ3v) is 2.78. The van der Waals surface area contributed by atoms with Gasteiger partial charge in [0.1, 0.15) is 0 Å². The second kappa shape index (κ2) is 7.72. The van der Waals surface area contributed by atoms with Gasteiger partial charge in [0.2, 0.25) is 0 Å². The summed E-state index contributed by atoms with van der Waals surface area (Å²) in [7, 11) is 0. The molecule has 0 saturated carbocycles. The Morgan fingerprint density at radius 2 is 1.32 bits per heavy atom. The molecule has 0 amide bonds. The molecule has 0 aliphatic rings. The highest BCUT2D eigenvalue weighted by atomic mass is 35.5. The van der Waals surface area contributed by atoms with Gasteiger partial charge in [0, 0.05) is 11.1 Å². The molecule has 19 heavy (non-hydrogen) atoms. The van der Waals surface area contributed by atoms with Crippen LogP contribution >= 0.6 is 23.2 Å². The highest BCUT2D eigenvalue weighted by molar-refractivity contribution is 6.68. The Balaban J connectivity index is 0.000000191. The fraction of sp³-hybridized carbons (Fsp3) is 0.0667. The van der Waals surface area contributed by atoms with Crippen LogP contribution in [0.25, 0.3) is 0 Å². The molecule has 0 bridgehead atoms. The average molecular weight is 295 g/mol. The van der Waals surface area contributed by atoms with Gasteiger partial charge in [-0.25, -0.2) is 0 Å². The van der Waals surface area contributed by atoms with Crippen LogP contribution in [0, 0.1) is 6.92 Å². The summed E-state index contributed by atoms with van der Waals surface area (Å²) in [6.45, 7) is 1.86. The second-order valence-electron chi connectivity index (χ2n) is 3.73. The molecule has 2 nitrogen and oxygen atoms in total. The molecule has 0 atom stereocenters. The number of hydrogen-bond acceptors (Lipinski definition) is 2. The molecule has 0 fully saturated rings. The molecule has 0 heterocycles. The summed E-state index contributed by atoms with van der Waals surface area (Å²) in [5.74, 6) is 0. The molecule has 0 unspecified atom stereocenters. The lowest BCUT2D eigenvalue weighted by atomic mass is 10.1. The van der Waals surface area contributed by atoms with E-state index in [2.05, 4.69) is 0 Å². The summed E-state index contributed by atoms with van der Waals surface area (Å²) < 4.78 is 0.